The minimum absolute atomic E-state index is 0.00209. The molecule has 4 aromatic rings. The fourth-order valence-corrected chi connectivity index (χ4v) is 14.9. The SMILES string of the molecule is C=C/C=C\[C@H](C)[C@H](OCc1ccc(OC)cc1)[C@@H](C)[C@@H](O)CC[C@@H](C)C[C@H](C)[C@@H](O[Si](C)(C)C(C)(C)C)[C@@H](C)/C=C\[C@H](C[C@H](O[Si](C)(C)C(C)(C)C)[C@H](C)/C=C/COC(c1ccccc1)(c1ccccc1)c1ccccc1)O[Si](C)(C)C(C)(C)C. The lowest BCUT2D eigenvalue weighted by Crippen LogP contribution is -2.48. The second-order valence-electron chi connectivity index (χ2n) is 29.5. The molecular weight excluding hydrogens is 1100 g/mol. The van der Waals surface area contributed by atoms with E-state index in [4.69, 9.17) is 27.5 Å². The van der Waals surface area contributed by atoms with Gasteiger partial charge in [-0.2, -0.15) is 0 Å². The third-order valence-electron chi connectivity index (χ3n) is 19.4. The zero-order valence-electron chi connectivity index (χ0n) is 57.2. The van der Waals surface area contributed by atoms with Crippen molar-refractivity contribution in [2.45, 2.75) is 227 Å². The molecule has 0 unspecified atom stereocenters. The lowest BCUT2D eigenvalue weighted by molar-refractivity contribution is -0.0586. The number of ether oxygens (including phenoxy) is 3. The van der Waals surface area contributed by atoms with Gasteiger partial charge in [0.25, 0.3) is 0 Å². The maximum absolute atomic E-state index is 11.9. The summed E-state index contributed by atoms with van der Waals surface area (Å²) in [4.78, 5) is 0. The van der Waals surface area contributed by atoms with Gasteiger partial charge in [0.05, 0.1) is 50.8 Å². The predicted molar refractivity (Wildman–Crippen MR) is 370 cm³/mol. The highest BCUT2D eigenvalue weighted by Crippen LogP contribution is 2.44. The van der Waals surface area contributed by atoms with Gasteiger partial charge in [0.15, 0.2) is 25.0 Å². The number of rotatable bonds is 34. The van der Waals surface area contributed by atoms with E-state index < -0.39 is 36.7 Å². The summed E-state index contributed by atoms with van der Waals surface area (Å²) in [5.74, 6) is 1.61. The van der Waals surface area contributed by atoms with Crippen LogP contribution in [0.15, 0.2) is 164 Å². The van der Waals surface area contributed by atoms with Gasteiger partial charge in [-0.1, -0.05) is 256 Å². The standard InChI is InChI=1S/C75H118O7Si3/c1-24-25-36-58(4)71(78-55-62-46-49-66(77-17)50-47-62)61(7)68(76)51-44-56(2)53-60(6)70(82-85(22,23)74(14,15)16)59(5)45-48-67(80-83(18,19)72(8,9)10)54-69(81-84(20,21)73(11,12)13)57(3)37-35-52-79-75(63-38-29-26-30-39-63,64-40-31-27-32-41-64)65-42-33-28-34-43-65/h24-43,45-50,56-61,67-71,76H,1,44,51-55H2,2-23H3/b36-25-,37-35+,48-45-/t56-,57-,58+,59+,60+,61+,67-,68+,69+,70+,71+/m1/s1. The minimum Gasteiger partial charge on any atom is -0.497 e. The van der Waals surface area contributed by atoms with Gasteiger partial charge in [-0.05, 0) is 132 Å². The molecule has 0 fully saturated rings. The fourth-order valence-electron chi connectivity index (χ4n) is 10.8. The summed E-state index contributed by atoms with van der Waals surface area (Å²) in [6.45, 7) is 53.8. The number of allylic oxidation sites excluding steroid dienone is 2. The molecule has 7 nitrogen and oxygen atoms in total. The van der Waals surface area contributed by atoms with Crippen molar-refractivity contribution in [3.05, 3.63) is 187 Å². The van der Waals surface area contributed by atoms with E-state index in [2.05, 4.69) is 271 Å². The van der Waals surface area contributed by atoms with Gasteiger partial charge in [0.1, 0.15) is 11.4 Å². The molecule has 0 bridgehead atoms. The highest BCUT2D eigenvalue weighted by molar-refractivity contribution is 6.75. The number of benzene rings is 4. The number of aliphatic hydroxyl groups is 1. The Kier molecular flexibility index (Phi) is 28.1. The zero-order chi connectivity index (χ0) is 63.6. The number of methoxy groups -OCH3 is 1. The minimum atomic E-state index is -2.29. The van der Waals surface area contributed by atoms with Crippen LogP contribution in [-0.2, 0) is 35.0 Å². The first-order valence-corrected chi connectivity index (χ1v) is 40.7. The normalized spacial score (nSPS) is 17.5. The molecule has 0 aliphatic heterocycles. The molecule has 0 radical (unpaired) electrons. The number of hydrogen-bond donors (Lipinski definition) is 1. The van der Waals surface area contributed by atoms with Gasteiger partial charge in [-0.3, -0.25) is 0 Å². The van der Waals surface area contributed by atoms with Crippen molar-refractivity contribution in [2.24, 2.45) is 35.5 Å². The van der Waals surface area contributed by atoms with Crippen LogP contribution in [0.5, 0.6) is 5.75 Å². The van der Waals surface area contributed by atoms with Crippen LogP contribution in [0, 0.1) is 35.5 Å². The maximum atomic E-state index is 11.9. The van der Waals surface area contributed by atoms with Crippen LogP contribution < -0.4 is 4.74 Å². The third kappa shape index (κ3) is 21.4. The molecule has 1 N–H and O–H groups in total. The van der Waals surface area contributed by atoms with Crippen LogP contribution >= 0.6 is 0 Å². The molecule has 472 valence electrons. The van der Waals surface area contributed by atoms with E-state index in [1.807, 2.05) is 30.3 Å². The van der Waals surface area contributed by atoms with Gasteiger partial charge in [0, 0.05) is 18.3 Å². The summed E-state index contributed by atoms with van der Waals surface area (Å²) in [6.07, 6.45) is 17.5. The summed E-state index contributed by atoms with van der Waals surface area (Å²) >= 11 is 0. The van der Waals surface area contributed by atoms with E-state index in [1.54, 1.807) is 13.2 Å². The smallest absolute Gasteiger partial charge is 0.192 e. The Morgan fingerprint density at radius 3 is 1.47 bits per heavy atom. The van der Waals surface area contributed by atoms with Crippen molar-refractivity contribution in [3.63, 3.8) is 0 Å². The highest BCUT2D eigenvalue weighted by Gasteiger charge is 2.45. The fraction of sp³-hybridized carbons (Fsp3) is 0.573. The molecular formula is C75H118O7Si3. The van der Waals surface area contributed by atoms with Crippen molar-refractivity contribution in [1.82, 2.24) is 0 Å². The molecule has 0 aliphatic carbocycles. The monoisotopic (exact) mass is 1210 g/mol. The Balaban J connectivity index is 1.66. The Hall–Kier alpha value is -3.95. The van der Waals surface area contributed by atoms with E-state index in [-0.39, 0.29) is 69.1 Å². The van der Waals surface area contributed by atoms with Crippen LogP contribution in [0.3, 0.4) is 0 Å². The van der Waals surface area contributed by atoms with Crippen molar-refractivity contribution in [1.29, 1.82) is 0 Å². The van der Waals surface area contributed by atoms with Crippen LogP contribution in [0.4, 0.5) is 0 Å². The molecule has 85 heavy (non-hydrogen) atoms. The van der Waals surface area contributed by atoms with Crippen molar-refractivity contribution in [3.8, 4) is 5.75 Å². The molecule has 0 spiro atoms. The lowest BCUT2D eigenvalue weighted by atomic mass is 9.80. The van der Waals surface area contributed by atoms with Crippen molar-refractivity contribution in [2.75, 3.05) is 13.7 Å². The van der Waals surface area contributed by atoms with E-state index >= 15 is 0 Å². The Morgan fingerprint density at radius 2 is 1.00 bits per heavy atom. The topological polar surface area (TPSA) is 75.6 Å². The maximum Gasteiger partial charge on any atom is 0.192 e. The first-order chi connectivity index (χ1) is 39.6. The highest BCUT2D eigenvalue weighted by atomic mass is 28.4. The third-order valence-corrected chi connectivity index (χ3v) is 32.9. The molecule has 0 amide bonds. The quantitative estimate of drug-likeness (QED) is 0.0216. The predicted octanol–water partition coefficient (Wildman–Crippen LogP) is 20.4. The van der Waals surface area contributed by atoms with Crippen LogP contribution in [0.1, 0.15) is 152 Å². The molecule has 10 heteroatoms. The second-order valence-corrected chi connectivity index (χ2v) is 43.7. The van der Waals surface area contributed by atoms with Crippen LogP contribution in [-0.4, -0.2) is 74.3 Å². The first-order valence-electron chi connectivity index (χ1n) is 32.0. The Labute approximate surface area is 522 Å². The van der Waals surface area contributed by atoms with Crippen LogP contribution in [0.25, 0.3) is 0 Å². The Bertz CT molecular complexity index is 2530. The first kappa shape index (κ1) is 73.5. The average Bonchev–Trinajstić information content (AvgIpc) is 2.62. The summed E-state index contributed by atoms with van der Waals surface area (Å²) in [7, 11) is -5.11. The van der Waals surface area contributed by atoms with E-state index in [1.165, 1.54) is 0 Å². The molecule has 11 atom stereocenters. The van der Waals surface area contributed by atoms with Crippen molar-refractivity contribution < 1.29 is 32.6 Å². The second kappa shape index (κ2) is 32.5. The van der Waals surface area contributed by atoms with Gasteiger partial charge in [-0.15, -0.1) is 0 Å². The Morgan fingerprint density at radius 1 is 0.529 bits per heavy atom. The zero-order valence-corrected chi connectivity index (χ0v) is 60.2. The molecule has 4 rings (SSSR count). The largest absolute Gasteiger partial charge is 0.497 e. The average molecular weight is 1220 g/mol. The van der Waals surface area contributed by atoms with Gasteiger partial charge < -0.3 is 32.6 Å². The van der Waals surface area contributed by atoms with Crippen molar-refractivity contribution >= 4 is 25.0 Å². The summed E-state index contributed by atoms with van der Waals surface area (Å²) in [6, 6.07) is 39.9. The molecule has 0 saturated carbocycles. The van der Waals surface area contributed by atoms with E-state index in [0.29, 0.717) is 32.0 Å². The van der Waals surface area contributed by atoms with Gasteiger partial charge in [-0.25, -0.2) is 0 Å². The van der Waals surface area contributed by atoms with Crippen LogP contribution in [0.2, 0.25) is 54.4 Å². The lowest BCUT2D eigenvalue weighted by Gasteiger charge is -2.44. The van der Waals surface area contributed by atoms with E-state index in [9.17, 15) is 5.11 Å². The van der Waals surface area contributed by atoms with Gasteiger partial charge in [0.2, 0.25) is 0 Å². The molecule has 4 aromatic carbocycles. The number of aliphatic hydroxyl groups excluding tert-OH is 1. The summed E-state index contributed by atoms with van der Waals surface area (Å²) in [5, 5.41) is 12.0. The summed E-state index contributed by atoms with van der Waals surface area (Å²) in [5.41, 5.74) is 3.51. The molecule has 0 aliphatic rings. The number of hydrogen-bond acceptors (Lipinski definition) is 7. The molecule has 0 aromatic heterocycles. The molecule has 0 heterocycles. The van der Waals surface area contributed by atoms with Gasteiger partial charge >= 0.3 is 0 Å². The summed E-state index contributed by atoms with van der Waals surface area (Å²) < 4.78 is 41.9. The van der Waals surface area contributed by atoms with E-state index in [0.717, 1.165) is 40.8 Å². The molecule has 0 saturated heterocycles.